The van der Waals surface area contributed by atoms with Crippen LogP contribution in [0.1, 0.15) is 41.2 Å². The van der Waals surface area contributed by atoms with Gasteiger partial charge in [0.05, 0.1) is 0 Å². The van der Waals surface area contributed by atoms with Crippen molar-refractivity contribution >= 4 is 23.1 Å². The van der Waals surface area contributed by atoms with Gasteiger partial charge in [0.25, 0.3) is 0 Å². The van der Waals surface area contributed by atoms with Gasteiger partial charge in [0.1, 0.15) is 12.4 Å². The Balaban J connectivity index is 1.48. The number of rotatable bonds is 8. The molecule has 1 saturated heterocycles. The number of nitrogens with zero attached hydrogens (tertiary/aromatic N) is 1. The summed E-state index contributed by atoms with van der Waals surface area (Å²) < 4.78 is 6.04. The molecule has 29 heavy (non-hydrogen) atoms. The molecule has 0 spiro atoms. The predicted octanol–water partition coefficient (Wildman–Crippen LogP) is 6.51. The quantitative estimate of drug-likeness (QED) is 0.383. The largest absolute Gasteiger partial charge is 0.492 e. The molecule has 1 aliphatic heterocycles. The van der Waals surface area contributed by atoms with Crippen LogP contribution in [-0.2, 0) is 0 Å². The Morgan fingerprint density at radius 2 is 1.76 bits per heavy atom. The summed E-state index contributed by atoms with van der Waals surface area (Å²) in [4.78, 5) is 5.24. The number of benzene rings is 2. The third-order valence-electron chi connectivity index (χ3n) is 5.62. The molecule has 2 aromatic carbocycles. The molecule has 152 valence electrons. The molecular formula is C25H29NOS2. The van der Waals surface area contributed by atoms with Crippen LogP contribution in [0.5, 0.6) is 5.75 Å². The summed E-state index contributed by atoms with van der Waals surface area (Å²) >= 11 is 3.65. The average Bonchev–Trinajstić information content (AvgIpc) is 3.30. The molecule has 0 bridgehead atoms. The summed E-state index contributed by atoms with van der Waals surface area (Å²) in [5, 5.41) is 2.17. The molecule has 0 radical (unpaired) electrons. The van der Waals surface area contributed by atoms with Crippen molar-refractivity contribution in [1.29, 1.82) is 0 Å². The number of piperidine rings is 1. The van der Waals surface area contributed by atoms with Crippen molar-refractivity contribution in [3.63, 3.8) is 0 Å². The number of thioether (sulfide) groups is 1. The van der Waals surface area contributed by atoms with Crippen LogP contribution in [0.15, 0.2) is 70.9 Å². The van der Waals surface area contributed by atoms with E-state index in [-0.39, 0.29) is 5.92 Å². The second-order valence-corrected chi connectivity index (χ2v) is 9.34. The summed E-state index contributed by atoms with van der Waals surface area (Å²) in [6, 6.07) is 21.9. The van der Waals surface area contributed by atoms with Gasteiger partial charge < -0.3 is 4.74 Å². The van der Waals surface area contributed by atoms with Crippen LogP contribution in [0.2, 0.25) is 0 Å². The molecule has 2 nitrogen and oxygen atoms in total. The molecule has 0 saturated carbocycles. The van der Waals surface area contributed by atoms with Crippen molar-refractivity contribution in [1.82, 2.24) is 4.90 Å². The van der Waals surface area contributed by atoms with Crippen molar-refractivity contribution in [3.8, 4) is 5.75 Å². The molecular weight excluding hydrogens is 394 g/mol. The molecule has 4 heteroatoms. The molecule has 1 unspecified atom stereocenters. The fraction of sp³-hybridized carbons (Fsp3) is 0.360. The van der Waals surface area contributed by atoms with Gasteiger partial charge in [-0.1, -0.05) is 42.8 Å². The van der Waals surface area contributed by atoms with Gasteiger partial charge in [-0.05, 0) is 73.0 Å². The van der Waals surface area contributed by atoms with Crippen molar-refractivity contribution in [2.45, 2.75) is 30.1 Å². The predicted molar refractivity (Wildman–Crippen MR) is 126 cm³/mol. The fourth-order valence-corrected chi connectivity index (χ4v) is 5.60. The molecule has 0 N–H and O–H groups in total. The molecule has 1 aromatic heterocycles. The standard InChI is InChI=1S/C25H29NOS2/c1-28-23-9-4-3-8-22(23)25(24-10-7-19-29-24)20-11-13-21(14-12-20)27-18-17-26-15-5-2-6-16-26/h3-4,7-14,19,25H,2,5-6,15-18H2,1H3. The Morgan fingerprint density at radius 3 is 2.48 bits per heavy atom. The van der Waals surface area contributed by atoms with Crippen molar-refractivity contribution < 1.29 is 4.74 Å². The zero-order valence-corrected chi connectivity index (χ0v) is 18.7. The zero-order valence-electron chi connectivity index (χ0n) is 17.0. The Kier molecular flexibility index (Phi) is 7.31. The lowest BCUT2D eigenvalue weighted by Gasteiger charge is -2.26. The van der Waals surface area contributed by atoms with E-state index in [4.69, 9.17) is 4.74 Å². The summed E-state index contributed by atoms with van der Waals surface area (Å²) in [6.45, 7) is 4.24. The highest BCUT2D eigenvalue weighted by molar-refractivity contribution is 7.98. The van der Waals surface area contributed by atoms with Gasteiger partial charge in [-0.25, -0.2) is 0 Å². The van der Waals surface area contributed by atoms with Crippen LogP contribution in [0.3, 0.4) is 0 Å². The van der Waals surface area contributed by atoms with Gasteiger partial charge in [-0.3, -0.25) is 4.90 Å². The molecule has 0 amide bonds. The van der Waals surface area contributed by atoms with E-state index >= 15 is 0 Å². The lowest BCUT2D eigenvalue weighted by Crippen LogP contribution is -2.33. The Hall–Kier alpha value is -1.75. The van der Waals surface area contributed by atoms with Crippen LogP contribution in [0.25, 0.3) is 0 Å². The lowest BCUT2D eigenvalue weighted by molar-refractivity contribution is 0.183. The van der Waals surface area contributed by atoms with Crippen LogP contribution in [0, 0.1) is 0 Å². The summed E-state index contributed by atoms with van der Waals surface area (Å²) in [5.41, 5.74) is 2.69. The summed E-state index contributed by atoms with van der Waals surface area (Å²) in [7, 11) is 0. The molecule has 3 aromatic rings. The van der Waals surface area contributed by atoms with Crippen molar-refractivity contribution in [2.24, 2.45) is 0 Å². The normalized spacial score (nSPS) is 15.9. The van der Waals surface area contributed by atoms with Gasteiger partial charge in [0, 0.05) is 22.2 Å². The minimum atomic E-state index is 0.265. The number of ether oxygens (including phenoxy) is 1. The Labute approximate surface area is 182 Å². The van der Waals surface area contributed by atoms with E-state index < -0.39 is 0 Å². The first-order valence-electron chi connectivity index (χ1n) is 10.5. The number of likely N-dealkylation sites (tertiary alicyclic amines) is 1. The van der Waals surface area contributed by atoms with E-state index in [9.17, 15) is 0 Å². The van der Waals surface area contributed by atoms with Gasteiger partial charge in [-0.2, -0.15) is 0 Å². The average molecular weight is 424 g/mol. The van der Waals surface area contributed by atoms with Crippen LogP contribution in [-0.4, -0.2) is 37.4 Å². The maximum Gasteiger partial charge on any atom is 0.119 e. The van der Waals surface area contributed by atoms with Gasteiger partial charge in [0.15, 0.2) is 0 Å². The minimum absolute atomic E-state index is 0.265. The molecule has 1 aliphatic rings. The topological polar surface area (TPSA) is 12.5 Å². The van der Waals surface area contributed by atoms with Gasteiger partial charge >= 0.3 is 0 Å². The van der Waals surface area contributed by atoms with Gasteiger partial charge in [-0.15, -0.1) is 23.1 Å². The van der Waals surface area contributed by atoms with E-state index in [0.717, 1.165) is 18.9 Å². The molecule has 2 heterocycles. The van der Waals surface area contributed by atoms with E-state index in [2.05, 4.69) is 77.2 Å². The first-order chi connectivity index (χ1) is 14.3. The van der Waals surface area contributed by atoms with E-state index in [1.165, 1.54) is 53.3 Å². The fourth-order valence-electron chi connectivity index (χ4n) is 4.09. The molecule has 4 rings (SSSR count). The third-order valence-corrected chi connectivity index (χ3v) is 7.36. The van der Waals surface area contributed by atoms with Gasteiger partial charge in [0.2, 0.25) is 0 Å². The first-order valence-corrected chi connectivity index (χ1v) is 12.6. The molecule has 1 fully saturated rings. The van der Waals surface area contributed by atoms with E-state index in [1.807, 2.05) is 23.1 Å². The number of hydrogen-bond donors (Lipinski definition) is 0. The van der Waals surface area contributed by atoms with E-state index in [0.29, 0.717) is 0 Å². The highest BCUT2D eigenvalue weighted by atomic mass is 32.2. The monoisotopic (exact) mass is 423 g/mol. The smallest absolute Gasteiger partial charge is 0.119 e. The SMILES string of the molecule is CSc1ccccc1C(c1ccc(OCCN2CCCCC2)cc1)c1cccs1. The highest BCUT2D eigenvalue weighted by Gasteiger charge is 2.20. The van der Waals surface area contributed by atoms with Crippen LogP contribution in [0.4, 0.5) is 0 Å². The summed E-state index contributed by atoms with van der Waals surface area (Å²) in [5.74, 6) is 1.23. The molecule has 0 aliphatic carbocycles. The van der Waals surface area contributed by atoms with Crippen LogP contribution < -0.4 is 4.74 Å². The second-order valence-electron chi connectivity index (χ2n) is 7.51. The third kappa shape index (κ3) is 5.25. The Bertz CT molecular complexity index is 870. The summed E-state index contributed by atoms with van der Waals surface area (Å²) in [6.07, 6.45) is 6.19. The highest BCUT2D eigenvalue weighted by Crippen LogP contribution is 2.39. The maximum atomic E-state index is 6.04. The van der Waals surface area contributed by atoms with Crippen molar-refractivity contribution in [2.75, 3.05) is 32.5 Å². The van der Waals surface area contributed by atoms with Crippen molar-refractivity contribution in [3.05, 3.63) is 82.0 Å². The van der Waals surface area contributed by atoms with E-state index in [1.54, 1.807) is 0 Å². The lowest BCUT2D eigenvalue weighted by atomic mass is 9.90. The minimum Gasteiger partial charge on any atom is -0.492 e. The maximum absolute atomic E-state index is 6.04. The molecule has 1 atom stereocenters. The second kappa shape index (κ2) is 10.3. The first kappa shape index (κ1) is 20.5. The Morgan fingerprint density at radius 1 is 0.966 bits per heavy atom. The number of thiophene rings is 1. The number of hydrogen-bond acceptors (Lipinski definition) is 4. The zero-order chi connectivity index (χ0) is 19.9. The van der Waals surface area contributed by atoms with Crippen LogP contribution >= 0.6 is 23.1 Å².